The summed E-state index contributed by atoms with van der Waals surface area (Å²) in [5.74, 6) is -0.453. The van der Waals surface area contributed by atoms with E-state index in [0.29, 0.717) is 28.7 Å². The second kappa shape index (κ2) is 7.11. The van der Waals surface area contributed by atoms with E-state index in [2.05, 4.69) is 5.32 Å². The van der Waals surface area contributed by atoms with Crippen LogP contribution in [0.2, 0.25) is 10.0 Å². The zero-order chi connectivity index (χ0) is 15.4. The van der Waals surface area contributed by atoms with Crippen molar-refractivity contribution < 1.29 is 9.59 Å². The third-order valence-corrected chi connectivity index (χ3v) is 4.21. The van der Waals surface area contributed by atoms with Gasteiger partial charge in [0.1, 0.15) is 0 Å². The minimum Gasteiger partial charge on any atom is -0.343 e. The fourth-order valence-electron chi connectivity index (χ4n) is 2.16. The van der Waals surface area contributed by atoms with E-state index >= 15 is 0 Å². The smallest absolute Gasteiger partial charge is 0.251 e. The van der Waals surface area contributed by atoms with Gasteiger partial charge in [-0.05, 0) is 31.0 Å². The van der Waals surface area contributed by atoms with Crippen LogP contribution in [-0.4, -0.2) is 42.4 Å². The first-order valence-corrected chi connectivity index (χ1v) is 7.49. The van der Waals surface area contributed by atoms with E-state index in [4.69, 9.17) is 28.9 Å². The van der Waals surface area contributed by atoms with Crippen LogP contribution in [0.5, 0.6) is 0 Å². The highest BCUT2D eigenvalue weighted by Gasteiger charge is 2.20. The van der Waals surface area contributed by atoms with E-state index < -0.39 is 0 Å². The average Bonchev–Trinajstić information content (AvgIpc) is 2.48. The lowest BCUT2D eigenvalue weighted by atomic mass is 10.1. The van der Waals surface area contributed by atoms with E-state index in [1.807, 2.05) is 0 Å². The summed E-state index contributed by atoms with van der Waals surface area (Å²) in [7, 11) is 0. The Morgan fingerprint density at radius 1 is 1.24 bits per heavy atom. The van der Waals surface area contributed by atoms with Gasteiger partial charge in [-0.15, -0.1) is 0 Å². The lowest BCUT2D eigenvalue weighted by molar-refractivity contribution is -0.131. The molecule has 114 valence electrons. The molecule has 1 heterocycles. The molecule has 0 radical (unpaired) electrons. The normalized spacial score (nSPS) is 15.9. The molecule has 5 nitrogen and oxygen atoms in total. The lowest BCUT2D eigenvalue weighted by Gasteiger charge is -2.30. The first-order chi connectivity index (χ1) is 9.97. The first-order valence-electron chi connectivity index (χ1n) is 6.74. The van der Waals surface area contributed by atoms with Gasteiger partial charge in [-0.2, -0.15) is 0 Å². The zero-order valence-electron chi connectivity index (χ0n) is 11.4. The molecule has 21 heavy (non-hydrogen) atoms. The Labute approximate surface area is 133 Å². The van der Waals surface area contributed by atoms with Crippen molar-refractivity contribution in [1.29, 1.82) is 0 Å². The Balaban J connectivity index is 1.86. The number of likely N-dealkylation sites (tertiary alicyclic amines) is 1. The molecule has 0 aliphatic carbocycles. The van der Waals surface area contributed by atoms with Crippen LogP contribution in [0.25, 0.3) is 0 Å². The third-order valence-electron chi connectivity index (χ3n) is 3.47. The topological polar surface area (TPSA) is 75.4 Å². The van der Waals surface area contributed by atoms with Gasteiger partial charge in [0.05, 0.1) is 16.6 Å². The van der Waals surface area contributed by atoms with Crippen LogP contribution in [0, 0.1) is 0 Å². The summed E-state index contributed by atoms with van der Waals surface area (Å²) in [5.41, 5.74) is 6.16. The van der Waals surface area contributed by atoms with Crippen LogP contribution in [-0.2, 0) is 4.79 Å². The summed E-state index contributed by atoms with van der Waals surface area (Å²) in [6.07, 6.45) is 1.60. The molecule has 0 saturated carbocycles. The van der Waals surface area contributed by atoms with E-state index in [-0.39, 0.29) is 24.4 Å². The second-order valence-corrected chi connectivity index (χ2v) is 5.84. The van der Waals surface area contributed by atoms with Gasteiger partial charge in [-0.3, -0.25) is 9.59 Å². The predicted octanol–water partition coefficient (Wildman–Crippen LogP) is 1.67. The zero-order valence-corrected chi connectivity index (χ0v) is 13.0. The van der Waals surface area contributed by atoms with Gasteiger partial charge in [-0.25, -0.2) is 0 Å². The van der Waals surface area contributed by atoms with E-state index in [1.54, 1.807) is 17.0 Å². The predicted molar refractivity (Wildman–Crippen MR) is 82.6 cm³/mol. The molecule has 1 aromatic rings. The Hall–Kier alpha value is -1.30. The molecule has 1 aromatic carbocycles. The van der Waals surface area contributed by atoms with Crippen LogP contribution < -0.4 is 11.1 Å². The van der Waals surface area contributed by atoms with Crippen molar-refractivity contribution in [2.24, 2.45) is 5.73 Å². The Bertz CT molecular complexity index is 543. The number of hydrogen-bond donors (Lipinski definition) is 2. The molecule has 0 aromatic heterocycles. The van der Waals surface area contributed by atoms with Gasteiger partial charge in [0, 0.05) is 24.7 Å². The van der Waals surface area contributed by atoms with Crippen LogP contribution in [0.4, 0.5) is 0 Å². The number of nitrogens with one attached hydrogen (secondary N) is 1. The molecular formula is C14H17Cl2N3O2. The van der Waals surface area contributed by atoms with E-state index in [9.17, 15) is 9.59 Å². The number of carbonyl (C=O) groups is 2. The first kappa shape index (κ1) is 16.1. The van der Waals surface area contributed by atoms with Gasteiger partial charge in [-0.1, -0.05) is 23.2 Å². The van der Waals surface area contributed by atoms with Crippen molar-refractivity contribution in [3.05, 3.63) is 33.8 Å². The average molecular weight is 330 g/mol. The molecule has 7 heteroatoms. The number of amides is 2. The van der Waals surface area contributed by atoms with Crippen molar-refractivity contribution in [3.8, 4) is 0 Å². The molecular weight excluding hydrogens is 313 g/mol. The standard InChI is InChI=1S/C14H17Cl2N3O2/c15-11-2-1-9(7-12(11)16)14(21)18-8-13(20)19-5-3-10(17)4-6-19/h1-2,7,10H,3-6,8,17H2,(H,18,21). The molecule has 1 saturated heterocycles. The molecule has 1 aliphatic heterocycles. The van der Waals surface area contributed by atoms with Crippen LogP contribution in [0.1, 0.15) is 23.2 Å². The summed E-state index contributed by atoms with van der Waals surface area (Å²) in [6, 6.07) is 4.75. The fraction of sp³-hybridized carbons (Fsp3) is 0.429. The largest absolute Gasteiger partial charge is 0.343 e. The highest BCUT2D eigenvalue weighted by atomic mass is 35.5. The second-order valence-electron chi connectivity index (χ2n) is 5.03. The number of piperidine rings is 1. The molecule has 1 aliphatic rings. The lowest BCUT2D eigenvalue weighted by Crippen LogP contribution is -2.46. The van der Waals surface area contributed by atoms with Gasteiger partial charge in [0.25, 0.3) is 5.91 Å². The Morgan fingerprint density at radius 2 is 1.90 bits per heavy atom. The van der Waals surface area contributed by atoms with Crippen LogP contribution in [0.15, 0.2) is 18.2 Å². The number of hydrogen-bond acceptors (Lipinski definition) is 3. The maximum atomic E-state index is 12.0. The van der Waals surface area contributed by atoms with Crippen molar-refractivity contribution in [2.45, 2.75) is 18.9 Å². The number of nitrogens with two attached hydrogens (primary N) is 1. The molecule has 1 fully saturated rings. The highest BCUT2D eigenvalue weighted by molar-refractivity contribution is 6.42. The van der Waals surface area contributed by atoms with Crippen molar-refractivity contribution in [1.82, 2.24) is 10.2 Å². The molecule has 2 amide bonds. The number of rotatable bonds is 3. The maximum absolute atomic E-state index is 12.0. The molecule has 2 rings (SSSR count). The van der Waals surface area contributed by atoms with Crippen molar-refractivity contribution >= 4 is 35.0 Å². The van der Waals surface area contributed by atoms with Gasteiger partial charge >= 0.3 is 0 Å². The number of carbonyl (C=O) groups excluding carboxylic acids is 2. The number of nitrogens with zero attached hydrogens (tertiary/aromatic N) is 1. The third kappa shape index (κ3) is 4.33. The van der Waals surface area contributed by atoms with Gasteiger partial charge in [0.15, 0.2) is 0 Å². The van der Waals surface area contributed by atoms with Crippen molar-refractivity contribution in [2.75, 3.05) is 19.6 Å². The summed E-state index contributed by atoms with van der Waals surface area (Å²) in [5, 5.41) is 3.28. The van der Waals surface area contributed by atoms with Crippen LogP contribution in [0.3, 0.4) is 0 Å². The summed E-state index contributed by atoms with van der Waals surface area (Å²) in [4.78, 5) is 25.6. The Morgan fingerprint density at radius 3 is 2.52 bits per heavy atom. The van der Waals surface area contributed by atoms with Crippen LogP contribution >= 0.6 is 23.2 Å². The molecule has 0 spiro atoms. The minimum atomic E-state index is -0.351. The van der Waals surface area contributed by atoms with Gasteiger partial charge < -0.3 is 16.0 Å². The Kier molecular flexibility index (Phi) is 5.45. The van der Waals surface area contributed by atoms with E-state index in [0.717, 1.165) is 12.8 Å². The monoisotopic (exact) mass is 329 g/mol. The molecule has 0 bridgehead atoms. The molecule has 3 N–H and O–H groups in total. The quantitative estimate of drug-likeness (QED) is 0.885. The summed E-state index contributed by atoms with van der Waals surface area (Å²) >= 11 is 11.6. The maximum Gasteiger partial charge on any atom is 0.251 e. The minimum absolute atomic E-state index is 0.0334. The number of benzene rings is 1. The van der Waals surface area contributed by atoms with E-state index in [1.165, 1.54) is 6.07 Å². The molecule has 0 atom stereocenters. The van der Waals surface area contributed by atoms with Gasteiger partial charge in [0.2, 0.25) is 5.91 Å². The number of halogens is 2. The summed E-state index contributed by atoms with van der Waals surface area (Å²) in [6.45, 7) is 1.25. The highest BCUT2D eigenvalue weighted by Crippen LogP contribution is 2.22. The van der Waals surface area contributed by atoms with Crippen molar-refractivity contribution in [3.63, 3.8) is 0 Å². The fourth-order valence-corrected chi connectivity index (χ4v) is 2.45. The SMILES string of the molecule is NC1CCN(C(=O)CNC(=O)c2ccc(Cl)c(Cl)c2)CC1. The summed E-state index contributed by atoms with van der Waals surface area (Å²) < 4.78 is 0. The molecule has 0 unspecified atom stereocenters.